The molecular formula is C15H24N3O+. The van der Waals surface area contributed by atoms with Crippen molar-refractivity contribution in [3.63, 3.8) is 0 Å². The molecule has 4 heteroatoms. The predicted molar refractivity (Wildman–Crippen MR) is 78.0 cm³/mol. The molecule has 1 aliphatic heterocycles. The van der Waals surface area contributed by atoms with Crippen molar-refractivity contribution in [3.05, 3.63) is 29.8 Å². The lowest BCUT2D eigenvalue weighted by Gasteiger charge is -2.43. The summed E-state index contributed by atoms with van der Waals surface area (Å²) in [6, 6.07) is 8.52. The van der Waals surface area contributed by atoms with Crippen LogP contribution in [0, 0.1) is 6.92 Å². The number of para-hydroxylation sites is 1. The van der Waals surface area contributed by atoms with Crippen molar-refractivity contribution in [2.75, 3.05) is 44.7 Å². The number of nitrogens with zero attached hydrogens (tertiary/aromatic N) is 2. The molecular weight excluding hydrogens is 238 g/mol. The maximum absolute atomic E-state index is 10.9. The number of rotatable bonds is 4. The van der Waals surface area contributed by atoms with Gasteiger partial charge in [0, 0.05) is 5.69 Å². The van der Waals surface area contributed by atoms with Crippen molar-refractivity contribution in [3.8, 4) is 0 Å². The molecule has 19 heavy (non-hydrogen) atoms. The van der Waals surface area contributed by atoms with Crippen LogP contribution in [-0.2, 0) is 4.79 Å². The van der Waals surface area contributed by atoms with Crippen molar-refractivity contribution in [1.82, 2.24) is 0 Å². The van der Waals surface area contributed by atoms with Gasteiger partial charge in [0.1, 0.15) is 0 Å². The van der Waals surface area contributed by atoms with Crippen LogP contribution in [0.25, 0.3) is 0 Å². The third kappa shape index (κ3) is 3.47. The third-order valence-corrected chi connectivity index (χ3v) is 4.17. The van der Waals surface area contributed by atoms with E-state index in [9.17, 15) is 4.79 Å². The van der Waals surface area contributed by atoms with Crippen LogP contribution in [0.5, 0.6) is 0 Å². The molecule has 1 aliphatic rings. The van der Waals surface area contributed by atoms with E-state index in [0.29, 0.717) is 6.42 Å². The standard InChI is InChI=1S/C15H23N3O/c1-13-5-3-4-6-14(13)17-8-11-18(2,12-9-17)10-7-15(16)19/h3-6H,7-12H2,1-2H3,(H-,16,19)/p+1. The van der Waals surface area contributed by atoms with Gasteiger partial charge in [-0.3, -0.25) is 4.79 Å². The molecule has 104 valence electrons. The maximum Gasteiger partial charge on any atom is 0.223 e. The van der Waals surface area contributed by atoms with Crippen LogP contribution in [0.4, 0.5) is 5.69 Å². The van der Waals surface area contributed by atoms with E-state index in [-0.39, 0.29) is 5.91 Å². The van der Waals surface area contributed by atoms with E-state index in [1.807, 2.05) is 0 Å². The number of piperazine rings is 1. The van der Waals surface area contributed by atoms with E-state index in [1.165, 1.54) is 11.3 Å². The topological polar surface area (TPSA) is 46.3 Å². The Hall–Kier alpha value is -1.55. The van der Waals surface area contributed by atoms with E-state index in [1.54, 1.807) is 0 Å². The Labute approximate surface area is 115 Å². The molecule has 2 N–H and O–H groups in total. The van der Waals surface area contributed by atoms with Gasteiger partial charge in [0.25, 0.3) is 0 Å². The molecule has 0 aromatic heterocycles. The van der Waals surface area contributed by atoms with Crippen molar-refractivity contribution < 1.29 is 9.28 Å². The molecule has 1 aromatic rings. The van der Waals surface area contributed by atoms with Gasteiger partial charge in [-0.15, -0.1) is 0 Å². The second-order valence-corrected chi connectivity index (χ2v) is 5.78. The first-order valence-corrected chi connectivity index (χ1v) is 6.93. The van der Waals surface area contributed by atoms with Gasteiger partial charge in [0.2, 0.25) is 5.91 Å². The molecule has 1 heterocycles. The number of carbonyl (C=O) groups excluding carboxylic acids is 1. The van der Waals surface area contributed by atoms with Crippen LogP contribution in [0.15, 0.2) is 24.3 Å². The summed E-state index contributed by atoms with van der Waals surface area (Å²) in [5.41, 5.74) is 7.91. The minimum atomic E-state index is -0.194. The summed E-state index contributed by atoms with van der Waals surface area (Å²) >= 11 is 0. The summed E-state index contributed by atoms with van der Waals surface area (Å²) < 4.78 is 0.950. The van der Waals surface area contributed by atoms with Crippen LogP contribution in [0.2, 0.25) is 0 Å². The van der Waals surface area contributed by atoms with Gasteiger partial charge in [-0.25, -0.2) is 0 Å². The zero-order chi connectivity index (χ0) is 13.9. The minimum absolute atomic E-state index is 0.194. The maximum atomic E-state index is 10.9. The lowest BCUT2D eigenvalue weighted by Crippen LogP contribution is -2.58. The zero-order valence-corrected chi connectivity index (χ0v) is 11.9. The quantitative estimate of drug-likeness (QED) is 0.827. The van der Waals surface area contributed by atoms with E-state index >= 15 is 0 Å². The number of hydrogen-bond acceptors (Lipinski definition) is 2. The highest BCUT2D eigenvalue weighted by molar-refractivity contribution is 5.73. The highest BCUT2D eigenvalue weighted by Gasteiger charge is 2.29. The molecule has 0 atom stereocenters. The molecule has 0 aliphatic carbocycles. The number of likely N-dealkylation sites (N-methyl/N-ethyl adjacent to an activating group) is 1. The molecule has 0 radical (unpaired) electrons. The lowest BCUT2D eigenvalue weighted by molar-refractivity contribution is -0.909. The molecule has 1 aromatic carbocycles. The van der Waals surface area contributed by atoms with E-state index < -0.39 is 0 Å². The number of benzene rings is 1. The zero-order valence-electron chi connectivity index (χ0n) is 11.9. The summed E-state index contributed by atoms with van der Waals surface area (Å²) in [6.07, 6.45) is 0.487. The van der Waals surface area contributed by atoms with Crippen LogP contribution < -0.4 is 10.6 Å². The van der Waals surface area contributed by atoms with Gasteiger partial charge < -0.3 is 15.1 Å². The molecule has 0 spiro atoms. The summed E-state index contributed by atoms with van der Waals surface area (Å²) in [7, 11) is 2.22. The molecule has 0 unspecified atom stereocenters. The molecule has 0 bridgehead atoms. The highest BCUT2D eigenvalue weighted by atomic mass is 16.1. The molecule has 1 saturated heterocycles. The number of nitrogens with two attached hydrogens (primary N) is 1. The normalized spacial score (nSPS) is 18.3. The van der Waals surface area contributed by atoms with Crippen LogP contribution in [0.3, 0.4) is 0 Å². The lowest BCUT2D eigenvalue weighted by atomic mass is 10.1. The smallest absolute Gasteiger partial charge is 0.223 e. The van der Waals surface area contributed by atoms with E-state index in [4.69, 9.17) is 5.73 Å². The Balaban J connectivity index is 1.95. The monoisotopic (exact) mass is 262 g/mol. The summed E-state index contributed by atoms with van der Waals surface area (Å²) in [5.74, 6) is -0.194. The SMILES string of the molecule is Cc1ccccc1N1CC[N+](C)(CCC(N)=O)CC1. The number of anilines is 1. The average molecular weight is 262 g/mol. The molecule has 2 rings (SSSR count). The highest BCUT2D eigenvalue weighted by Crippen LogP contribution is 2.22. The van der Waals surface area contributed by atoms with Gasteiger partial charge >= 0.3 is 0 Å². The fraction of sp³-hybridized carbons (Fsp3) is 0.533. The summed E-state index contributed by atoms with van der Waals surface area (Å²) in [4.78, 5) is 13.4. The molecule has 4 nitrogen and oxygen atoms in total. The molecule has 1 amide bonds. The third-order valence-electron chi connectivity index (χ3n) is 4.17. The van der Waals surface area contributed by atoms with Gasteiger partial charge in [0.15, 0.2) is 0 Å². The fourth-order valence-electron chi connectivity index (χ4n) is 2.71. The number of quaternary nitrogens is 1. The minimum Gasteiger partial charge on any atom is -0.369 e. The Morgan fingerprint density at radius 2 is 1.95 bits per heavy atom. The first-order valence-electron chi connectivity index (χ1n) is 6.93. The first-order chi connectivity index (χ1) is 9.00. The summed E-state index contributed by atoms with van der Waals surface area (Å²) in [5, 5.41) is 0. The number of primary amides is 1. The fourth-order valence-corrected chi connectivity index (χ4v) is 2.71. The van der Waals surface area contributed by atoms with Crippen LogP contribution in [0.1, 0.15) is 12.0 Å². The van der Waals surface area contributed by atoms with Crippen molar-refractivity contribution in [2.45, 2.75) is 13.3 Å². The van der Waals surface area contributed by atoms with Gasteiger partial charge in [-0.1, -0.05) is 18.2 Å². The number of amides is 1. The van der Waals surface area contributed by atoms with Crippen LogP contribution >= 0.6 is 0 Å². The van der Waals surface area contributed by atoms with Crippen molar-refractivity contribution >= 4 is 11.6 Å². The summed E-state index contributed by atoms with van der Waals surface area (Å²) in [6.45, 7) is 7.24. The largest absolute Gasteiger partial charge is 0.369 e. The number of hydrogen-bond donors (Lipinski definition) is 1. The Morgan fingerprint density at radius 1 is 1.32 bits per heavy atom. The Morgan fingerprint density at radius 3 is 2.53 bits per heavy atom. The predicted octanol–water partition coefficient (Wildman–Crippen LogP) is 1.14. The van der Waals surface area contributed by atoms with E-state index in [2.05, 4.69) is 43.1 Å². The number of aryl methyl sites for hydroxylation is 1. The molecule has 0 saturated carbocycles. The number of carbonyl (C=O) groups is 1. The van der Waals surface area contributed by atoms with Gasteiger partial charge in [-0.2, -0.15) is 0 Å². The average Bonchev–Trinajstić information content (AvgIpc) is 2.39. The second-order valence-electron chi connectivity index (χ2n) is 5.78. The Kier molecular flexibility index (Phi) is 4.10. The second kappa shape index (κ2) is 5.61. The van der Waals surface area contributed by atoms with Crippen molar-refractivity contribution in [2.24, 2.45) is 5.73 Å². The van der Waals surface area contributed by atoms with Crippen LogP contribution in [-0.4, -0.2) is 50.2 Å². The van der Waals surface area contributed by atoms with E-state index in [0.717, 1.165) is 37.2 Å². The molecule has 1 fully saturated rings. The van der Waals surface area contributed by atoms with Crippen molar-refractivity contribution in [1.29, 1.82) is 0 Å². The van der Waals surface area contributed by atoms with Gasteiger partial charge in [-0.05, 0) is 18.6 Å². The van der Waals surface area contributed by atoms with Gasteiger partial charge in [0.05, 0.1) is 46.2 Å². The Bertz CT molecular complexity index is 450. The first kappa shape index (κ1) is 13.9.